The molecule has 0 bridgehead atoms. The first-order valence-electron chi connectivity index (χ1n) is 9.28. The second-order valence-corrected chi connectivity index (χ2v) is 6.87. The Morgan fingerprint density at radius 1 is 0.769 bits per heavy atom. The average Bonchev–Trinajstić information content (AvgIpc) is 3.06. The van der Waals surface area contributed by atoms with Crippen molar-refractivity contribution in [3.63, 3.8) is 0 Å². The van der Waals surface area contributed by atoms with Gasteiger partial charge >= 0.3 is 0 Å². The van der Waals surface area contributed by atoms with Crippen LogP contribution in [-0.4, -0.2) is 0 Å². The van der Waals surface area contributed by atoms with Gasteiger partial charge < -0.3 is 4.42 Å². The summed E-state index contributed by atoms with van der Waals surface area (Å²) in [7, 11) is 0. The third-order valence-electron chi connectivity index (χ3n) is 5.15. The lowest BCUT2D eigenvalue weighted by Crippen LogP contribution is -1.78. The standard InChI is InChI=1S/C25H20O/c1-2-3-4-7-17-10-12-21-23-15-14-20-19-9-6-5-8-18(19)11-13-22(20)25(23)26-24(21)16-17/h4-16H,2-3H2,1H3. The third kappa shape index (κ3) is 2.32. The molecule has 0 fully saturated rings. The van der Waals surface area contributed by atoms with Crippen molar-refractivity contribution in [1.29, 1.82) is 0 Å². The second-order valence-electron chi connectivity index (χ2n) is 6.87. The monoisotopic (exact) mass is 336 g/mol. The second kappa shape index (κ2) is 6.03. The molecule has 0 aliphatic heterocycles. The Bertz CT molecular complexity index is 1290. The molecule has 126 valence electrons. The van der Waals surface area contributed by atoms with E-state index in [1.165, 1.54) is 44.3 Å². The van der Waals surface area contributed by atoms with Gasteiger partial charge in [-0.3, -0.25) is 0 Å². The van der Waals surface area contributed by atoms with Crippen molar-refractivity contribution in [3.8, 4) is 0 Å². The highest BCUT2D eigenvalue weighted by atomic mass is 16.3. The van der Waals surface area contributed by atoms with E-state index in [4.69, 9.17) is 4.42 Å². The molecule has 0 saturated heterocycles. The minimum absolute atomic E-state index is 0.958. The number of hydrogen-bond acceptors (Lipinski definition) is 1. The fraction of sp³-hybridized carbons (Fsp3) is 0.120. The first kappa shape index (κ1) is 15.2. The van der Waals surface area contributed by atoms with Crippen LogP contribution in [0.3, 0.4) is 0 Å². The number of fused-ring (bicyclic) bond motifs is 7. The maximum absolute atomic E-state index is 6.33. The van der Waals surface area contributed by atoms with Gasteiger partial charge in [-0.15, -0.1) is 0 Å². The number of rotatable bonds is 3. The summed E-state index contributed by atoms with van der Waals surface area (Å²) >= 11 is 0. The molecule has 5 aromatic rings. The summed E-state index contributed by atoms with van der Waals surface area (Å²) in [6, 6.07) is 23.8. The van der Waals surface area contributed by atoms with Crippen molar-refractivity contribution in [2.45, 2.75) is 19.8 Å². The van der Waals surface area contributed by atoms with Crippen LogP contribution in [0, 0.1) is 0 Å². The van der Waals surface area contributed by atoms with Crippen LogP contribution >= 0.6 is 0 Å². The van der Waals surface area contributed by atoms with E-state index in [-0.39, 0.29) is 0 Å². The summed E-state index contributed by atoms with van der Waals surface area (Å²) in [6.45, 7) is 2.20. The zero-order chi connectivity index (χ0) is 17.5. The van der Waals surface area contributed by atoms with E-state index in [0.29, 0.717) is 0 Å². The molecule has 0 unspecified atom stereocenters. The van der Waals surface area contributed by atoms with Gasteiger partial charge in [0.15, 0.2) is 0 Å². The Balaban J connectivity index is 1.78. The van der Waals surface area contributed by atoms with Crippen LogP contribution in [0.15, 0.2) is 77.2 Å². The predicted octanol–water partition coefficient (Wildman–Crippen LogP) is 7.71. The zero-order valence-electron chi connectivity index (χ0n) is 14.8. The fourth-order valence-electron chi connectivity index (χ4n) is 3.83. The highest BCUT2D eigenvalue weighted by molar-refractivity contribution is 6.20. The molecule has 0 aliphatic rings. The largest absolute Gasteiger partial charge is 0.455 e. The Labute approximate surface area is 152 Å². The molecule has 0 radical (unpaired) electrons. The Hall–Kier alpha value is -3.06. The molecule has 0 atom stereocenters. The van der Waals surface area contributed by atoms with E-state index in [9.17, 15) is 0 Å². The van der Waals surface area contributed by atoms with Crippen LogP contribution in [0.25, 0.3) is 49.6 Å². The van der Waals surface area contributed by atoms with Crippen molar-refractivity contribution in [2.24, 2.45) is 0 Å². The summed E-state index contributed by atoms with van der Waals surface area (Å²) in [5, 5.41) is 7.34. The molecule has 1 heteroatoms. The maximum Gasteiger partial charge on any atom is 0.143 e. The SMILES string of the molecule is CCCC=Cc1ccc2c(c1)oc1c2ccc2c3ccccc3ccc21. The number of unbranched alkanes of at least 4 members (excludes halogenated alkanes) is 1. The van der Waals surface area contributed by atoms with Gasteiger partial charge in [-0.1, -0.05) is 68.0 Å². The lowest BCUT2D eigenvalue weighted by molar-refractivity contribution is 0.672. The molecule has 5 rings (SSSR count). The van der Waals surface area contributed by atoms with Crippen LogP contribution in [0.4, 0.5) is 0 Å². The van der Waals surface area contributed by atoms with Crippen molar-refractivity contribution >= 4 is 49.6 Å². The third-order valence-corrected chi connectivity index (χ3v) is 5.15. The predicted molar refractivity (Wildman–Crippen MR) is 113 cm³/mol. The molecule has 0 spiro atoms. The minimum atomic E-state index is 0.958. The van der Waals surface area contributed by atoms with Crippen LogP contribution in [-0.2, 0) is 0 Å². The number of benzene rings is 4. The van der Waals surface area contributed by atoms with Crippen molar-refractivity contribution in [2.75, 3.05) is 0 Å². The first-order valence-corrected chi connectivity index (χ1v) is 9.28. The molecule has 1 aromatic heterocycles. The minimum Gasteiger partial charge on any atom is -0.455 e. The molecule has 0 amide bonds. The number of hydrogen-bond donors (Lipinski definition) is 0. The zero-order valence-corrected chi connectivity index (χ0v) is 14.8. The summed E-state index contributed by atoms with van der Waals surface area (Å²) < 4.78 is 6.33. The molecular weight excluding hydrogens is 316 g/mol. The van der Waals surface area contributed by atoms with Crippen molar-refractivity contribution in [3.05, 3.63) is 78.4 Å². The summed E-state index contributed by atoms with van der Waals surface area (Å²) in [6.07, 6.45) is 6.69. The van der Waals surface area contributed by atoms with Gasteiger partial charge in [0.25, 0.3) is 0 Å². The van der Waals surface area contributed by atoms with Crippen LogP contribution in [0.2, 0.25) is 0 Å². The quantitative estimate of drug-likeness (QED) is 0.308. The van der Waals surface area contributed by atoms with Crippen LogP contribution in [0.1, 0.15) is 25.3 Å². The first-order chi connectivity index (χ1) is 12.8. The van der Waals surface area contributed by atoms with Gasteiger partial charge in [0, 0.05) is 16.2 Å². The van der Waals surface area contributed by atoms with E-state index in [1.807, 2.05) is 0 Å². The Morgan fingerprint density at radius 2 is 1.54 bits per heavy atom. The number of allylic oxidation sites excluding steroid dienone is 1. The Morgan fingerprint density at radius 3 is 2.46 bits per heavy atom. The molecule has 0 N–H and O–H groups in total. The van der Waals surface area contributed by atoms with E-state index in [1.54, 1.807) is 0 Å². The van der Waals surface area contributed by atoms with E-state index in [2.05, 4.69) is 85.8 Å². The molecule has 4 aromatic carbocycles. The van der Waals surface area contributed by atoms with Gasteiger partial charge in [-0.2, -0.15) is 0 Å². The highest BCUT2D eigenvalue weighted by Gasteiger charge is 2.11. The van der Waals surface area contributed by atoms with Gasteiger partial charge in [0.1, 0.15) is 11.2 Å². The molecular formula is C25H20O. The van der Waals surface area contributed by atoms with Gasteiger partial charge in [-0.05, 0) is 52.4 Å². The molecule has 1 heterocycles. The molecule has 0 aliphatic carbocycles. The van der Waals surface area contributed by atoms with E-state index < -0.39 is 0 Å². The fourth-order valence-corrected chi connectivity index (χ4v) is 3.83. The molecule has 0 saturated carbocycles. The molecule has 26 heavy (non-hydrogen) atoms. The Kier molecular flexibility index (Phi) is 3.53. The maximum atomic E-state index is 6.33. The summed E-state index contributed by atoms with van der Waals surface area (Å²) in [5.41, 5.74) is 3.14. The van der Waals surface area contributed by atoms with Crippen LogP contribution in [0.5, 0.6) is 0 Å². The van der Waals surface area contributed by atoms with Gasteiger partial charge in [0.2, 0.25) is 0 Å². The van der Waals surface area contributed by atoms with Crippen LogP contribution < -0.4 is 0 Å². The van der Waals surface area contributed by atoms with Crippen molar-refractivity contribution in [1.82, 2.24) is 0 Å². The summed E-state index contributed by atoms with van der Waals surface area (Å²) in [5.74, 6) is 0. The lowest BCUT2D eigenvalue weighted by Gasteiger charge is -2.04. The number of furan rings is 1. The highest BCUT2D eigenvalue weighted by Crippen LogP contribution is 2.36. The van der Waals surface area contributed by atoms with Gasteiger partial charge in [-0.25, -0.2) is 0 Å². The lowest BCUT2D eigenvalue weighted by atomic mass is 10.00. The van der Waals surface area contributed by atoms with E-state index in [0.717, 1.165) is 17.6 Å². The smallest absolute Gasteiger partial charge is 0.143 e. The molecule has 1 nitrogen and oxygen atoms in total. The average molecular weight is 336 g/mol. The topological polar surface area (TPSA) is 13.1 Å². The normalized spacial score (nSPS) is 12.2. The van der Waals surface area contributed by atoms with Crippen molar-refractivity contribution < 1.29 is 4.42 Å². The van der Waals surface area contributed by atoms with Gasteiger partial charge in [0.05, 0.1) is 0 Å². The summed E-state index contributed by atoms with van der Waals surface area (Å²) in [4.78, 5) is 0. The van der Waals surface area contributed by atoms with E-state index >= 15 is 0 Å².